The zero-order valence-electron chi connectivity index (χ0n) is 14.0. The van der Waals surface area contributed by atoms with Crippen LogP contribution in [0.5, 0.6) is 5.88 Å². The van der Waals surface area contributed by atoms with Crippen LogP contribution >= 0.6 is 0 Å². The van der Waals surface area contributed by atoms with Crippen LogP contribution in [0.25, 0.3) is 0 Å². The van der Waals surface area contributed by atoms with E-state index in [1.54, 1.807) is 18.3 Å². The van der Waals surface area contributed by atoms with E-state index in [9.17, 15) is 4.79 Å². The number of aromatic amines is 1. The van der Waals surface area contributed by atoms with Crippen molar-refractivity contribution in [3.63, 3.8) is 0 Å². The average Bonchev–Trinajstić information content (AvgIpc) is 3.03. The van der Waals surface area contributed by atoms with Crippen LogP contribution in [-0.2, 0) is 6.42 Å². The van der Waals surface area contributed by atoms with Gasteiger partial charge in [0.1, 0.15) is 5.56 Å². The molecule has 2 N–H and O–H groups in total. The summed E-state index contributed by atoms with van der Waals surface area (Å²) in [5.41, 5.74) is 1.49. The number of ether oxygens (including phenoxy) is 1. The highest BCUT2D eigenvalue weighted by Crippen LogP contribution is 2.27. The van der Waals surface area contributed by atoms with E-state index in [1.807, 2.05) is 13.0 Å². The number of nitrogens with one attached hydrogen (secondary N) is 2. The molecule has 0 aliphatic heterocycles. The molecule has 1 saturated carbocycles. The highest BCUT2D eigenvalue weighted by atomic mass is 16.5. The number of hydrogen-bond donors (Lipinski definition) is 2. The van der Waals surface area contributed by atoms with Crippen molar-refractivity contribution in [2.45, 2.75) is 45.4 Å². The van der Waals surface area contributed by atoms with E-state index in [4.69, 9.17) is 4.74 Å². The fraction of sp³-hybridized carbons (Fsp3) is 0.500. The van der Waals surface area contributed by atoms with E-state index in [0.717, 1.165) is 18.0 Å². The molecule has 2 heterocycles. The Balaban J connectivity index is 1.63. The fourth-order valence-corrected chi connectivity index (χ4v) is 3.23. The van der Waals surface area contributed by atoms with Gasteiger partial charge in [0.15, 0.2) is 5.82 Å². The van der Waals surface area contributed by atoms with Crippen LogP contribution < -0.4 is 10.1 Å². The standard InChI is InChI=1S/C18H24N4O2/c1-2-24-18-15(9-6-10-19-18)17(23)20-16-12-14(21-22-16)11-13-7-4-3-5-8-13/h6,9-10,12-13H,2-5,7-8,11H2,1H3,(H2,20,21,22,23). The number of carbonyl (C=O) groups excluding carboxylic acids is 1. The molecule has 1 aliphatic carbocycles. The maximum Gasteiger partial charge on any atom is 0.262 e. The lowest BCUT2D eigenvalue weighted by molar-refractivity contribution is 0.102. The average molecular weight is 328 g/mol. The highest BCUT2D eigenvalue weighted by Gasteiger charge is 2.17. The van der Waals surface area contributed by atoms with Gasteiger partial charge in [-0.25, -0.2) is 4.98 Å². The maximum atomic E-state index is 12.4. The van der Waals surface area contributed by atoms with Gasteiger partial charge in [-0.05, 0) is 31.4 Å². The van der Waals surface area contributed by atoms with Crippen LogP contribution in [0.2, 0.25) is 0 Å². The molecule has 2 aromatic rings. The molecular weight excluding hydrogens is 304 g/mol. The van der Waals surface area contributed by atoms with Crippen molar-refractivity contribution in [2.75, 3.05) is 11.9 Å². The van der Waals surface area contributed by atoms with E-state index in [1.165, 1.54) is 32.1 Å². The minimum absolute atomic E-state index is 0.262. The number of anilines is 1. The second-order valence-electron chi connectivity index (χ2n) is 6.23. The zero-order chi connectivity index (χ0) is 16.8. The Morgan fingerprint density at radius 3 is 3.00 bits per heavy atom. The molecule has 0 aromatic carbocycles. The predicted molar refractivity (Wildman–Crippen MR) is 92.2 cm³/mol. The molecular formula is C18H24N4O2. The van der Waals surface area contributed by atoms with Crippen molar-refractivity contribution in [3.05, 3.63) is 35.7 Å². The van der Waals surface area contributed by atoms with Gasteiger partial charge in [0.05, 0.1) is 6.61 Å². The Morgan fingerprint density at radius 2 is 2.21 bits per heavy atom. The Hall–Kier alpha value is -2.37. The van der Waals surface area contributed by atoms with Gasteiger partial charge in [-0.2, -0.15) is 5.10 Å². The minimum Gasteiger partial charge on any atom is -0.477 e. The van der Waals surface area contributed by atoms with Gasteiger partial charge in [-0.1, -0.05) is 32.1 Å². The first kappa shape index (κ1) is 16.5. The summed E-state index contributed by atoms with van der Waals surface area (Å²) in [6.07, 6.45) is 9.18. The first-order valence-corrected chi connectivity index (χ1v) is 8.69. The van der Waals surface area contributed by atoms with Gasteiger partial charge < -0.3 is 10.1 Å². The largest absolute Gasteiger partial charge is 0.477 e. The molecule has 3 rings (SSSR count). The van der Waals surface area contributed by atoms with Gasteiger partial charge in [-0.15, -0.1) is 0 Å². The number of carbonyl (C=O) groups is 1. The van der Waals surface area contributed by atoms with Crippen LogP contribution in [0.15, 0.2) is 24.4 Å². The molecule has 2 aromatic heterocycles. The summed E-state index contributed by atoms with van der Waals surface area (Å²) in [5.74, 6) is 1.35. The molecule has 1 fully saturated rings. The third-order valence-electron chi connectivity index (χ3n) is 4.40. The molecule has 0 unspecified atom stereocenters. The van der Waals surface area contributed by atoms with Crippen molar-refractivity contribution >= 4 is 11.7 Å². The van der Waals surface area contributed by atoms with E-state index in [-0.39, 0.29) is 5.91 Å². The molecule has 6 heteroatoms. The third kappa shape index (κ3) is 4.13. The Kier molecular flexibility index (Phi) is 5.46. The van der Waals surface area contributed by atoms with Crippen molar-refractivity contribution in [1.29, 1.82) is 0 Å². The molecule has 0 radical (unpaired) electrons. The molecule has 1 aliphatic rings. The fourth-order valence-electron chi connectivity index (χ4n) is 3.23. The Labute approximate surface area is 142 Å². The van der Waals surface area contributed by atoms with Crippen LogP contribution in [0.1, 0.15) is 55.1 Å². The maximum absolute atomic E-state index is 12.4. The molecule has 0 bridgehead atoms. The second kappa shape index (κ2) is 7.95. The summed E-state index contributed by atoms with van der Waals surface area (Å²) in [4.78, 5) is 16.5. The SMILES string of the molecule is CCOc1ncccc1C(=O)Nc1cc(CC2CCCCC2)[nH]n1. The number of H-pyrrole nitrogens is 1. The van der Waals surface area contributed by atoms with Gasteiger partial charge in [0, 0.05) is 18.0 Å². The van der Waals surface area contributed by atoms with Gasteiger partial charge in [-0.3, -0.25) is 9.89 Å². The third-order valence-corrected chi connectivity index (χ3v) is 4.40. The minimum atomic E-state index is -0.262. The van der Waals surface area contributed by atoms with E-state index in [0.29, 0.717) is 23.9 Å². The first-order valence-electron chi connectivity index (χ1n) is 8.69. The van der Waals surface area contributed by atoms with Crippen LogP contribution in [0.4, 0.5) is 5.82 Å². The monoisotopic (exact) mass is 328 g/mol. The normalized spacial score (nSPS) is 15.2. The van der Waals surface area contributed by atoms with Crippen molar-refractivity contribution in [3.8, 4) is 5.88 Å². The van der Waals surface area contributed by atoms with Crippen molar-refractivity contribution in [2.24, 2.45) is 5.92 Å². The van der Waals surface area contributed by atoms with Crippen molar-refractivity contribution < 1.29 is 9.53 Å². The summed E-state index contributed by atoms with van der Waals surface area (Å²) < 4.78 is 5.40. The zero-order valence-corrected chi connectivity index (χ0v) is 14.0. The molecule has 128 valence electrons. The lowest BCUT2D eigenvalue weighted by Crippen LogP contribution is -2.14. The quantitative estimate of drug-likeness (QED) is 0.849. The molecule has 24 heavy (non-hydrogen) atoms. The lowest BCUT2D eigenvalue weighted by atomic mass is 9.86. The highest BCUT2D eigenvalue weighted by molar-refractivity contribution is 6.05. The molecule has 6 nitrogen and oxygen atoms in total. The number of rotatable bonds is 6. The summed E-state index contributed by atoms with van der Waals surface area (Å²) in [6.45, 7) is 2.33. The van der Waals surface area contributed by atoms with E-state index >= 15 is 0 Å². The number of nitrogens with zero attached hydrogens (tertiary/aromatic N) is 2. The Bertz CT molecular complexity index is 677. The van der Waals surface area contributed by atoms with Crippen LogP contribution in [0.3, 0.4) is 0 Å². The molecule has 0 saturated heterocycles. The smallest absolute Gasteiger partial charge is 0.262 e. The van der Waals surface area contributed by atoms with Crippen LogP contribution in [-0.4, -0.2) is 27.7 Å². The van der Waals surface area contributed by atoms with Crippen LogP contribution in [0, 0.1) is 5.92 Å². The second-order valence-corrected chi connectivity index (χ2v) is 6.23. The van der Waals surface area contributed by atoms with E-state index < -0.39 is 0 Å². The number of amides is 1. The summed E-state index contributed by atoms with van der Waals surface area (Å²) >= 11 is 0. The predicted octanol–water partition coefficient (Wildman–Crippen LogP) is 3.58. The number of pyridine rings is 1. The van der Waals surface area contributed by atoms with E-state index in [2.05, 4.69) is 20.5 Å². The number of hydrogen-bond acceptors (Lipinski definition) is 4. The van der Waals surface area contributed by atoms with Gasteiger partial charge in [0.2, 0.25) is 5.88 Å². The van der Waals surface area contributed by atoms with Crippen molar-refractivity contribution in [1.82, 2.24) is 15.2 Å². The van der Waals surface area contributed by atoms with Gasteiger partial charge >= 0.3 is 0 Å². The summed E-state index contributed by atoms with van der Waals surface area (Å²) in [7, 11) is 0. The summed E-state index contributed by atoms with van der Waals surface area (Å²) in [6, 6.07) is 5.34. The molecule has 0 atom stereocenters. The molecule has 0 spiro atoms. The lowest BCUT2D eigenvalue weighted by Gasteiger charge is -2.20. The molecule has 1 amide bonds. The van der Waals surface area contributed by atoms with Gasteiger partial charge in [0.25, 0.3) is 5.91 Å². The topological polar surface area (TPSA) is 79.9 Å². The summed E-state index contributed by atoms with van der Waals surface area (Å²) in [5, 5.41) is 10.1. The first-order chi connectivity index (χ1) is 11.8. The number of aromatic nitrogens is 3. The Morgan fingerprint density at radius 1 is 1.38 bits per heavy atom.